The highest BCUT2D eigenvalue weighted by Gasteiger charge is 2.11. The Hall–Kier alpha value is -3.54. The van der Waals surface area contributed by atoms with Crippen molar-refractivity contribution in [1.82, 2.24) is 9.99 Å². The molecule has 0 fully saturated rings. The lowest BCUT2D eigenvalue weighted by atomic mass is 10.2. The van der Waals surface area contributed by atoms with Crippen LogP contribution in [0.4, 0.5) is 0 Å². The second-order valence-corrected chi connectivity index (χ2v) is 6.60. The smallest absolute Gasteiger partial charge is 0.271 e. The van der Waals surface area contributed by atoms with E-state index in [2.05, 4.69) is 41.1 Å². The first-order valence-corrected chi connectivity index (χ1v) is 9.10. The number of benzene rings is 2. The number of rotatable bonds is 4. The molecule has 0 aliphatic carbocycles. The SMILES string of the molecule is Cc1ccc(C)n1-c1ccc(C(=O)N/N=C/c2ccc3c(c2)OCCO3)cc1. The molecule has 4 rings (SSSR count). The molecule has 3 aromatic rings. The number of nitrogens with zero attached hydrogens (tertiary/aromatic N) is 2. The van der Waals surface area contributed by atoms with Crippen molar-refractivity contribution in [2.75, 3.05) is 13.2 Å². The zero-order chi connectivity index (χ0) is 19.5. The van der Waals surface area contributed by atoms with Crippen LogP contribution < -0.4 is 14.9 Å². The quantitative estimate of drug-likeness (QED) is 0.559. The van der Waals surface area contributed by atoms with E-state index in [-0.39, 0.29) is 5.91 Å². The molecule has 1 aliphatic heterocycles. The number of hydrazone groups is 1. The molecular formula is C22H21N3O3. The number of amides is 1. The van der Waals surface area contributed by atoms with Gasteiger partial charge in [-0.2, -0.15) is 5.10 Å². The molecule has 0 saturated heterocycles. The Morgan fingerprint density at radius 3 is 2.36 bits per heavy atom. The van der Waals surface area contributed by atoms with Crippen LogP contribution in [0.5, 0.6) is 11.5 Å². The molecule has 1 aliphatic rings. The van der Waals surface area contributed by atoms with E-state index in [9.17, 15) is 4.79 Å². The molecule has 1 aromatic heterocycles. The summed E-state index contributed by atoms with van der Waals surface area (Å²) in [6.45, 7) is 5.20. The van der Waals surface area contributed by atoms with Gasteiger partial charge in [-0.25, -0.2) is 5.43 Å². The lowest BCUT2D eigenvalue weighted by Crippen LogP contribution is -2.18. The first-order valence-electron chi connectivity index (χ1n) is 9.10. The van der Waals surface area contributed by atoms with Crippen molar-refractivity contribution in [2.24, 2.45) is 5.10 Å². The van der Waals surface area contributed by atoms with Gasteiger partial charge in [0.1, 0.15) is 13.2 Å². The zero-order valence-electron chi connectivity index (χ0n) is 15.8. The maximum Gasteiger partial charge on any atom is 0.271 e. The van der Waals surface area contributed by atoms with Crippen molar-refractivity contribution < 1.29 is 14.3 Å². The standard InChI is InChI=1S/C22H21N3O3/c1-15-3-4-16(2)25(15)19-8-6-18(7-9-19)22(26)24-23-14-17-5-10-20-21(13-17)28-12-11-27-20/h3-10,13-14H,11-12H2,1-2H3,(H,24,26)/b23-14+. The van der Waals surface area contributed by atoms with E-state index in [1.807, 2.05) is 30.3 Å². The van der Waals surface area contributed by atoms with Crippen molar-refractivity contribution in [3.05, 3.63) is 77.1 Å². The minimum absolute atomic E-state index is 0.263. The molecule has 1 amide bonds. The number of hydrogen-bond acceptors (Lipinski definition) is 4. The number of nitrogens with one attached hydrogen (secondary N) is 1. The van der Waals surface area contributed by atoms with E-state index in [0.29, 0.717) is 24.5 Å². The Bertz CT molecular complexity index is 1020. The Labute approximate surface area is 163 Å². The van der Waals surface area contributed by atoms with Crippen LogP contribution in [0.3, 0.4) is 0 Å². The summed E-state index contributed by atoms with van der Waals surface area (Å²) in [6, 6.07) is 17.1. The summed E-state index contributed by atoms with van der Waals surface area (Å²) in [4.78, 5) is 12.3. The molecule has 0 spiro atoms. The lowest BCUT2D eigenvalue weighted by molar-refractivity contribution is 0.0955. The van der Waals surface area contributed by atoms with Gasteiger partial charge in [-0.3, -0.25) is 4.79 Å². The molecule has 6 nitrogen and oxygen atoms in total. The van der Waals surface area contributed by atoms with E-state index in [0.717, 1.165) is 28.4 Å². The highest BCUT2D eigenvalue weighted by molar-refractivity contribution is 5.95. The van der Waals surface area contributed by atoms with Gasteiger partial charge in [0, 0.05) is 22.6 Å². The molecule has 1 N–H and O–H groups in total. The van der Waals surface area contributed by atoms with Crippen molar-refractivity contribution in [3.8, 4) is 17.2 Å². The molecule has 28 heavy (non-hydrogen) atoms. The van der Waals surface area contributed by atoms with Gasteiger partial charge in [0.25, 0.3) is 5.91 Å². The molecule has 0 atom stereocenters. The molecule has 0 saturated carbocycles. The fourth-order valence-corrected chi connectivity index (χ4v) is 3.21. The molecule has 2 heterocycles. The van der Waals surface area contributed by atoms with Crippen molar-refractivity contribution in [2.45, 2.75) is 13.8 Å². The fourth-order valence-electron chi connectivity index (χ4n) is 3.21. The third-order valence-corrected chi connectivity index (χ3v) is 4.60. The molecule has 0 radical (unpaired) electrons. The number of aromatic nitrogens is 1. The molecule has 6 heteroatoms. The Balaban J connectivity index is 1.42. The maximum atomic E-state index is 12.3. The van der Waals surface area contributed by atoms with Crippen LogP contribution in [0.2, 0.25) is 0 Å². The van der Waals surface area contributed by atoms with E-state index >= 15 is 0 Å². The summed E-state index contributed by atoms with van der Waals surface area (Å²) in [7, 11) is 0. The maximum absolute atomic E-state index is 12.3. The van der Waals surface area contributed by atoms with E-state index in [1.54, 1.807) is 18.3 Å². The second-order valence-electron chi connectivity index (χ2n) is 6.60. The average Bonchev–Trinajstić information content (AvgIpc) is 3.06. The van der Waals surface area contributed by atoms with Crippen molar-refractivity contribution in [1.29, 1.82) is 0 Å². The van der Waals surface area contributed by atoms with Gasteiger partial charge < -0.3 is 14.0 Å². The predicted octanol–water partition coefficient (Wildman–Crippen LogP) is 3.63. The van der Waals surface area contributed by atoms with Crippen molar-refractivity contribution >= 4 is 12.1 Å². The van der Waals surface area contributed by atoms with Gasteiger partial charge in [0.2, 0.25) is 0 Å². The minimum atomic E-state index is -0.263. The monoisotopic (exact) mass is 375 g/mol. The van der Waals surface area contributed by atoms with Gasteiger partial charge in [0.15, 0.2) is 11.5 Å². The van der Waals surface area contributed by atoms with E-state index < -0.39 is 0 Å². The number of carbonyl (C=O) groups excluding carboxylic acids is 1. The molecular weight excluding hydrogens is 354 g/mol. The normalized spacial score (nSPS) is 12.9. The molecule has 142 valence electrons. The summed E-state index contributed by atoms with van der Waals surface area (Å²) >= 11 is 0. The zero-order valence-corrected chi connectivity index (χ0v) is 15.8. The fraction of sp³-hybridized carbons (Fsp3) is 0.182. The Morgan fingerprint density at radius 2 is 1.64 bits per heavy atom. The van der Waals surface area contributed by atoms with Crippen LogP contribution >= 0.6 is 0 Å². The topological polar surface area (TPSA) is 64.9 Å². The highest BCUT2D eigenvalue weighted by Crippen LogP contribution is 2.30. The van der Waals surface area contributed by atoms with Gasteiger partial charge in [0.05, 0.1) is 6.21 Å². The third-order valence-electron chi connectivity index (χ3n) is 4.60. The number of fused-ring (bicyclic) bond motifs is 1. The summed E-state index contributed by atoms with van der Waals surface area (Å²) in [5.74, 6) is 1.15. The number of ether oxygens (including phenoxy) is 2. The largest absolute Gasteiger partial charge is 0.486 e. The summed E-state index contributed by atoms with van der Waals surface area (Å²) < 4.78 is 13.2. The molecule has 0 bridgehead atoms. The molecule has 0 unspecified atom stereocenters. The van der Waals surface area contributed by atoms with Gasteiger partial charge in [-0.05, 0) is 74.0 Å². The Kier molecular flexibility index (Phi) is 4.85. The predicted molar refractivity (Wildman–Crippen MR) is 108 cm³/mol. The van der Waals surface area contributed by atoms with E-state index in [4.69, 9.17) is 9.47 Å². The lowest BCUT2D eigenvalue weighted by Gasteiger charge is -2.18. The van der Waals surface area contributed by atoms with Crippen LogP contribution in [-0.2, 0) is 0 Å². The number of aryl methyl sites for hydroxylation is 2. The highest BCUT2D eigenvalue weighted by atomic mass is 16.6. The minimum Gasteiger partial charge on any atom is -0.486 e. The summed E-state index contributed by atoms with van der Waals surface area (Å²) in [5, 5.41) is 4.04. The first-order chi connectivity index (χ1) is 13.6. The van der Waals surface area contributed by atoms with Crippen LogP contribution in [0.1, 0.15) is 27.3 Å². The number of hydrogen-bond donors (Lipinski definition) is 1. The van der Waals surface area contributed by atoms with Crippen LogP contribution in [0, 0.1) is 13.8 Å². The van der Waals surface area contributed by atoms with Gasteiger partial charge in [-0.1, -0.05) is 0 Å². The Morgan fingerprint density at radius 1 is 0.964 bits per heavy atom. The van der Waals surface area contributed by atoms with Crippen LogP contribution in [0.15, 0.2) is 59.7 Å². The third kappa shape index (κ3) is 3.62. The van der Waals surface area contributed by atoms with Crippen LogP contribution in [-0.4, -0.2) is 29.9 Å². The van der Waals surface area contributed by atoms with Gasteiger partial charge >= 0.3 is 0 Å². The van der Waals surface area contributed by atoms with Crippen LogP contribution in [0.25, 0.3) is 5.69 Å². The summed E-state index contributed by atoms with van der Waals surface area (Å²) in [5.41, 5.74) is 7.25. The van der Waals surface area contributed by atoms with E-state index in [1.165, 1.54) is 0 Å². The molecule has 2 aromatic carbocycles. The van der Waals surface area contributed by atoms with Crippen molar-refractivity contribution in [3.63, 3.8) is 0 Å². The average molecular weight is 375 g/mol. The number of carbonyl (C=O) groups is 1. The second kappa shape index (κ2) is 7.60. The van der Waals surface area contributed by atoms with Gasteiger partial charge in [-0.15, -0.1) is 0 Å². The first kappa shape index (κ1) is 17.9. The summed E-state index contributed by atoms with van der Waals surface area (Å²) in [6.07, 6.45) is 1.58.